The summed E-state index contributed by atoms with van der Waals surface area (Å²) in [5.74, 6) is 0.0632. The van der Waals surface area contributed by atoms with E-state index in [-0.39, 0.29) is 23.4 Å². The van der Waals surface area contributed by atoms with Crippen LogP contribution < -0.4 is 10.2 Å². The second kappa shape index (κ2) is 4.25. The van der Waals surface area contributed by atoms with Crippen LogP contribution >= 0.6 is 11.3 Å². The Labute approximate surface area is 95.4 Å². The molecule has 16 heavy (non-hydrogen) atoms. The number of phenolic OH excluding ortho intramolecular Hbond substituents is 1. The van der Waals surface area contributed by atoms with E-state index in [0.29, 0.717) is 5.52 Å². The first-order valence-corrected chi connectivity index (χ1v) is 5.64. The molecule has 0 fully saturated rings. The van der Waals surface area contributed by atoms with Crippen molar-refractivity contribution in [2.45, 2.75) is 13.0 Å². The molecule has 4 N–H and O–H groups in total. The lowest BCUT2D eigenvalue weighted by Gasteiger charge is -2.13. The normalized spacial score (nSPS) is 13.1. The van der Waals surface area contributed by atoms with E-state index in [2.05, 4.69) is 10.3 Å². The summed E-state index contributed by atoms with van der Waals surface area (Å²) in [5.41, 5.74) is 1.34. The molecule has 0 aliphatic rings. The van der Waals surface area contributed by atoms with Gasteiger partial charge in [-0.05, 0) is 18.6 Å². The fraction of sp³-hybridized carbons (Fsp3) is 0.300. The van der Waals surface area contributed by atoms with Crippen molar-refractivity contribution in [1.29, 1.82) is 0 Å². The monoisotopic (exact) mass is 240 g/mol. The van der Waals surface area contributed by atoms with Crippen LogP contribution in [-0.2, 0) is 0 Å². The molecule has 0 aliphatic carbocycles. The van der Waals surface area contributed by atoms with E-state index < -0.39 is 0 Å². The van der Waals surface area contributed by atoms with Gasteiger partial charge in [-0.3, -0.25) is 10.1 Å². The van der Waals surface area contributed by atoms with Crippen LogP contribution in [0.15, 0.2) is 16.9 Å². The van der Waals surface area contributed by atoms with Crippen molar-refractivity contribution in [3.05, 3.63) is 27.4 Å². The molecule has 0 radical (unpaired) electrons. The summed E-state index contributed by atoms with van der Waals surface area (Å²) in [5, 5.41) is 21.2. The van der Waals surface area contributed by atoms with Crippen LogP contribution in [0.3, 0.4) is 0 Å². The second-order valence-electron chi connectivity index (χ2n) is 3.48. The SMILES string of the molecule is CC(NCO)c1ccc(O)c2[nH]c(=O)sc12. The average Bonchev–Trinajstić information content (AvgIpc) is 2.61. The molecule has 1 heterocycles. The van der Waals surface area contributed by atoms with Gasteiger partial charge < -0.3 is 15.2 Å². The van der Waals surface area contributed by atoms with Gasteiger partial charge in [-0.25, -0.2) is 0 Å². The van der Waals surface area contributed by atoms with Gasteiger partial charge in [0, 0.05) is 6.04 Å². The maximum atomic E-state index is 11.3. The van der Waals surface area contributed by atoms with Crippen LogP contribution in [0.5, 0.6) is 5.75 Å². The summed E-state index contributed by atoms with van der Waals surface area (Å²) in [4.78, 5) is 13.6. The fourth-order valence-electron chi connectivity index (χ4n) is 1.63. The minimum atomic E-state index is -0.200. The van der Waals surface area contributed by atoms with Crippen LogP contribution in [0.4, 0.5) is 0 Å². The van der Waals surface area contributed by atoms with Gasteiger partial charge in [-0.2, -0.15) is 0 Å². The Bertz CT molecular complexity index is 561. The van der Waals surface area contributed by atoms with Gasteiger partial charge in [-0.1, -0.05) is 17.4 Å². The second-order valence-corrected chi connectivity index (χ2v) is 4.46. The number of hydrogen-bond donors (Lipinski definition) is 4. The van der Waals surface area contributed by atoms with Crippen molar-refractivity contribution in [2.75, 3.05) is 6.73 Å². The van der Waals surface area contributed by atoms with Gasteiger partial charge in [0.15, 0.2) is 0 Å². The Hall–Kier alpha value is -1.37. The summed E-state index contributed by atoms with van der Waals surface area (Å²) in [6.45, 7) is 1.75. The molecule has 1 aromatic heterocycles. The molecule has 86 valence electrons. The maximum Gasteiger partial charge on any atom is 0.305 e. The number of thiazole rings is 1. The number of aromatic nitrogens is 1. The third kappa shape index (κ3) is 1.82. The zero-order valence-corrected chi connectivity index (χ0v) is 9.47. The predicted octanol–water partition coefficient (Wildman–Crippen LogP) is 0.896. The van der Waals surface area contributed by atoms with Gasteiger partial charge in [-0.15, -0.1) is 0 Å². The largest absolute Gasteiger partial charge is 0.506 e. The van der Waals surface area contributed by atoms with Crippen molar-refractivity contribution in [1.82, 2.24) is 10.3 Å². The maximum absolute atomic E-state index is 11.3. The third-order valence-electron chi connectivity index (χ3n) is 2.45. The smallest absolute Gasteiger partial charge is 0.305 e. The van der Waals surface area contributed by atoms with E-state index in [1.807, 2.05) is 6.92 Å². The van der Waals surface area contributed by atoms with Gasteiger partial charge in [0.1, 0.15) is 11.3 Å². The number of nitrogens with one attached hydrogen (secondary N) is 2. The Morgan fingerprint density at radius 1 is 1.56 bits per heavy atom. The first-order valence-electron chi connectivity index (χ1n) is 4.82. The van der Waals surface area contributed by atoms with Crippen molar-refractivity contribution in [3.8, 4) is 5.75 Å². The summed E-state index contributed by atoms with van der Waals surface area (Å²) < 4.78 is 0.721. The lowest BCUT2D eigenvalue weighted by atomic mass is 10.1. The minimum absolute atomic E-state index is 0.0632. The molecule has 0 bridgehead atoms. The van der Waals surface area contributed by atoms with Gasteiger partial charge in [0.05, 0.1) is 11.4 Å². The van der Waals surface area contributed by atoms with Crippen LogP contribution in [0, 0.1) is 0 Å². The molecule has 0 amide bonds. The molecule has 0 spiro atoms. The molecule has 0 saturated heterocycles. The average molecular weight is 240 g/mol. The van der Waals surface area contributed by atoms with Crippen molar-refractivity contribution in [3.63, 3.8) is 0 Å². The summed E-state index contributed by atoms with van der Waals surface area (Å²) in [7, 11) is 0. The van der Waals surface area contributed by atoms with Gasteiger partial charge in [0.2, 0.25) is 0 Å². The van der Waals surface area contributed by atoms with Crippen LogP contribution in [0.2, 0.25) is 0 Å². The molecule has 5 nitrogen and oxygen atoms in total. The number of H-pyrrole nitrogens is 1. The van der Waals surface area contributed by atoms with E-state index >= 15 is 0 Å². The Kier molecular flexibility index (Phi) is 2.95. The lowest BCUT2D eigenvalue weighted by Crippen LogP contribution is -2.19. The number of aromatic amines is 1. The molecule has 1 aromatic carbocycles. The number of fused-ring (bicyclic) bond motifs is 1. The van der Waals surface area contributed by atoms with Gasteiger partial charge >= 0.3 is 4.87 Å². The molecule has 0 saturated carbocycles. The molecule has 1 unspecified atom stereocenters. The highest BCUT2D eigenvalue weighted by molar-refractivity contribution is 7.16. The fourth-order valence-corrected chi connectivity index (χ4v) is 2.59. The number of benzene rings is 1. The lowest BCUT2D eigenvalue weighted by molar-refractivity contribution is 0.245. The zero-order valence-electron chi connectivity index (χ0n) is 8.65. The van der Waals surface area contributed by atoms with E-state index in [9.17, 15) is 9.90 Å². The van der Waals surface area contributed by atoms with E-state index in [4.69, 9.17) is 5.11 Å². The standard InChI is InChI=1S/C10H12N2O3S/c1-5(11-4-13)6-2-3-7(14)8-9(6)16-10(15)12-8/h2-3,5,11,13-14H,4H2,1H3,(H,12,15). The number of aliphatic hydroxyl groups excluding tert-OH is 1. The summed E-state index contributed by atoms with van der Waals surface area (Å²) in [6.07, 6.45) is 0. The Balaban J connectivity index is 2.62. The molecule has 2 aromatic rings. The molecule has 0 aliphatic heterocycles. The topological polar surface area (TPSA) is 85.3 Å². The highest BCUT2D eigenvalue weighted by Gasteiger charge is 2.13. The number of aromatic hydroxyl groups is 1. The molecule has 6 heteroatoms. The van der Waals surface area contributed by atoms with Crippen LogP contribution in [-0.4, -0.2) is 21.9 Å². The highest BCUT2D eigenvalue weighted by Crippen LogP contribution is 2.30. The van der Waals surface area contributed by atoms with Crippen LogP contribution in [0.1, 0.15) is 18.5 Å². The van der Waals surface area contributed by atoms with Crippen molar-refractivity contribution in [2.24, 2.45) is 0 Å². The summed E-state index contributed by atoms with van der Waals surface area (Å²) >= 11 is 1.05. The molecular formula is C10H12N2O3S. The van der Waals surface area contributed by atoms with E-state index in [1.54, 1.807) is 6.07 Å². The number of hydrogen-bond acceptors (Lipinski definition) is 5. The van der Waals surface area contributed by atoms with E-state index in [0.717, 1.165) is 21.6 Å². The number of aliphatic hydroxyl groups is 1. The quantitative estimate of drug-likeness (QED) is 0.600. The van der Waals surface area contributed by atoms with Crippen LogP contribution in [0.25, 0.3) is 10.2 Å². The van der Waals surface area contributed by atoms with Gasteiger partial charge in [0.25, 0.3) is 0 Å². The number of rotatable bonds is 3. The van der Waals surface area contributed by atoms with Crippen molar-refractivity contribution < 1.29 is 10.2 Å². The first-order chi connectivity index (χ1) is 7.63. The number of phenols is 1. The van der Waals surface area contributed by atoms with E-state index in [1.165, 1.54) is 6.07 Å². The first kappa shape index (κ1) is 11.1. The minimum Gasteiger partial charge on any atom is -0.506 e. The Morgan fingerprint density at radius 3 is 3.00 bits per heavy atom. The Morgan fingerprint density at radius 2 is 2.31 bits per heavy atom. The third-order valence-corrected chi connectivity index (χ3v) is 3.38. The zero-order chi connectivity index (χ0) is 11.7. The summed E-state index contributed by atoms with van der Waals surface area (Å²) in [6, 6.07) is 3.20. The molecular weight excluding hydrogens is 228 g/mol. The molecule has 1 atom stereocenters. The van der Waals surface area contributed by atoms with Crippen molar-refractivity contribution >= 4 is 21.6 Å². The highest BCUT2D eigenvalue weighted by atomic mass is 32.1. The predicted molar refractivity (Wildman–Crippen MR) is 62.7 cm³/mol. The molecule has 2 rings (SSSR count).